The van der Waals surface area contributed by atoms with E-state index in [4.69, 9.17) is 0 Å². The van der Waals surface area contributed by atoms with Crippen LogP contribution in [0.5, 0.6) is 0 Å². The van der Waals surface area contributed by atoms with Crippen LogP contribution in [0.4, 0.5) is 4.39 Å². The van der Waals surface area contributed by atoms with Gasteiger partial charge in [0.05, 0.1) is 18.2 Å². The van der Waals surface area contributed by atoms with Crippen molar-refractivity contribution in [3.63, 3.8) is 0 Å². The SMILES string of the molecule is O=Cc1nc(F)ccc1-c1cnc[nH]1. The molecule has 4 nitrogen and oxygen atoms in total. The number of hydrogen-bond donors (Lipinski definition) is 1. The van der Waals surface area contributed by atoms with Crippen LogP contribution in [-0.4, -0.2) is 21.2 Å². The molecule has 0 bridgehead atoms. The summed E-state index contributed by atoms with van der Waals surface area (Å²) in [6.07, 6.45) is 3.54. The summed E-state index contributed by atoms with van der Waals surface area (Å²) >= 11 is 0. The van der Waals surface area contributed by atoms with Crippen LogP contribution >= 0.6 is 0 Å². The molecule has 0 aliphatic carbocycles. The largest absolute Gasteiger partial charge is 0.345 e. The van der Waals surface area contributed by atoms with Crippen molar-refractivity contribution in [1.29, 1.82) is 0 Å². The number of carbonyl (C=O) groups excluding carboxylic acids is 1. The minimum absolute atomic E-state index is 0.0641. The molecule has 0 amide bonds. The number of aromatic nitrogens is 3. The number of aromatic amines is 1. The summed E-state index contributed by atoms with van der Waals surface area (Å²) in [6, 6.07) is 2.68. The number of hydrogen-bond acceptors (Lipinski definition) is 3. The van der Waals surface area contributed by atoms with Gasteiger partial charge in [0.25, 0.3) is 0 Å². The molecule has 14 heavy (non-hydrogen) atoms. The molecule has 2 aromatic rings. The highest BCUT2D eigenvalue weighted by Gasteiger charge is 2.07. The Hall–Kier alpha value is -2.04. The van der Waals surface area contributed by atoms with Crippen molar-refractivity contribution in [2.75, 3.05) is 0 Å². The third kappa shape index (κ3) is 1.39. The van der Waals surface area contributed by atoms with E-state index in [0.29, 0.717) is 17.5 Å². The molecular formula is C9H6FN3O. The fraction of sp³-hybridized carbons (Fsp3) is 0. The van der Waals surface area contributed by atoms with Crippen molar-refractivity contribution >= 4 is 6.29 Å². The Bertz CT molecular complexity index is 453. The Morgan fingerprint density at radius 2 is 2.29 bits per heavy atom. The van der Waals surface area contributed by atoms with Crippen molar-refractivity contribution in [1.82, 2.24) is 15.0 Å². The normalized spacial score (nSPS) is 10.1. The Labute approximate surface area is 78.8 Å². The van der Waals surface area contributed by atoms with Crippen molar-refractivity contribution in [3.05, 3.63) is 36.3 Å². The first-order valence-corrected chi connectivity index (χ1v) is 3.92. The topological polar surface area (TPSA) is 58.6 Å². The highest BCUT2D eigenvalue weighted by molar-refractivity contribution is 5.83. The third-order valence-electron chi connectivity index (χ3n) is 1.79. The van der Waals surface area contributed by atoms with Gasteiger partial charge in [-0.1, -0.05) is 0 Å². The van der Waals surface area contributed by atoms with Gasteiger partial charge < -0.3 is 4.98 Å². The van der Waals surface area contributed by atoms with Crippen LogP contribution in [0.3, 0.4) is 0 Å². The van der Waals surface area contributed by atoms with Gasteiger partial charge in [0, 0.05) is 5.56 Å². The molecule has 0 fully saturated rings. The molecule has 2 aromatic heterocycles. The second-order valence-electron chi connectivity index (χ2n) is 2.65. The Kier molecular flexibility index (Phi) is 2.06. The highest BCUT2D eigenvalue weighted by Crippen LogP contribution is 2.18. The van der Waals surface area contributed by atoms with Crippen molar-refractivity contribution in [3.8, 4) is 11.3 Å². The third-order valence-corrected chi connectivity index (χ3v) is 1.79. The zero-order valence-corrected chi connectivity index (χ0v) is 7.07. The van der Waals surface area contributed by atoms with Crippen LogP contribution < -0.4 is 0 Å². The maximum absolute atomic E-state index is 12.7. The summed E-state index contributed by atoms with van der Waals surface area (Å²) in [7, 11) is 0. The second kappa shape index (κ2) is 3.37. The quantitative estimate of drug-likeness (QED) is 0.577. The van der Waals surface area contributed by atoms with E-state index in [1.807, 2.05) is 0 Å². The summed E-state index contributed by atoms with van der Waals surface area (Å²) < 4.78 is 12.7. The smallest absolute Gasteiger partial charge is 0.213 e. The Balaban J connectivity index is 2.58. The van der Waals surface area contributed by atoms with Gasteiger partial charge in [0.1, 0.15) is 5.69 Å². The lowest BCUT2D eigenvalue weighted by Gasteiger charge is -1.99. The zero-order chi connectivity index (χ0) is 9.97. The van der Waals surface area contributed by atoms with Crippen molar-refractivity contribution in [2.24, 2.45) is 0 Å². The van der Waals surface area contributed by atoms with E-state index >= 15 is 0 Å². The number of nitrogens with zero attached hydrogens (tertiary/aromatic N) is 2. The van der Waals surface area contributed by atoms with Crippen LogP contribution in [0.2, 0.25) is 0 Å². The van der Waals surface area contributed by atoms with Gasteiger partial charge in [-0.15, -0.1) is 0 Å². The predicted molar refractivity (Wildman–Crippen MR) is 47.2 cm³/mol. The summed E-state index contributed by atoms with van der Waals surface area (Å²) in [6.45, 7) is 0. The standard InChI is InChI=1S/C9H6FN3O/c10-9-2-1-6(8(4-14)13-9)7-3-11-5-12-7/h1-5H,(H,11,12). The average molecular weight is 191 g/mol. The number of imidazole rings is 1. The number of pyridine rings is 1. The second-order valence-corrected chi connectivity index (χ2v) is 2.65. The minimum Gasteiger partial charge on any atom is -0.345 e. The first-order valence-electron chi connectivity index (χ1n) is 3.92. The molecule has 1 N–H and O–H groups in total. The first-order chi connectivity index (χ1) is 6.81. The van der Waals surface area contributed by atoms with E-state index in [9.17, 15) is 9.18 Å². The number of halogens is 1. The average Bonchev–Trinajstić information content (AvgIpc) is 2.70. The molecule has 2 heterocycles. The summed E-state index contributed by atoms with van der Waals surface area (Å²) in [5, 5.41) is 0. The lowest BCUT2D eigenvalue weighted by atomic mass is 10.1. The maximum Gasteiger partial charge on any atom is 0.213 e. The van der Waals surface area contributed by atoms with Gasteiger partial charge in [-0.05, 0) is 12.1 Å². The molecule has 0 saturated heterocycles. The van der Waals surface area contributed by atoms with Gasteiger partial charge in [-0.2, -0.15) is 4.39 Å². The number of rotatable bonds is 2. The number of carbonyl (C=O) groups is 1. The zero-order valence-electron chi connectivity index (χ0n) is 7.07. The molecule has 0 spiro atoms. The van der Waals surface area contributed by atoms with E-state index in [1.54, 1.807) is 6.20 Å². The van der Waals surface area contributed by atoms with E-state index < -0.39 is 5.95 Å². The summed E-state index contributed by atoms with van der Waals surface area (Å²) in [5.74, 6) is -0.671. The number of aldehydes is 1. The van der Waals surface area contributed by atoms with Gasteiger partial charge >= 0.3 is 0 Å². The van der Waals surface area contributed by atoms with Crippen LogP contribution in [-0.2, 0) is 0 Å². The van der Waals surface area contributed by atoms with Crippen LogP contribution in [0.15, 0.2) is 24.7 Å². The molecule has 70 valence electrons. The summed E-state index contributed by atoms with van der Waals surface area (Å²) in [5.41, 5.74) is 1.24. The maximum atomic E-state index is 12.7. The monoisotopic (exact) mass is 191 g/mol. The van der Waals surface area contributed by atoms with Crippen LogP contribution in [0, 0.1) is 5.95 Å². The van der Waals surface area contributed by atoms with E-state index in [-0.39, 0.29) is 5.69 Å². The van der Waals surface area contributed by atoms with Crippen molar-refractivity contribution < 1.29 is 9.18 Å². The van der Waals surface area contributed by atoms with E-state index in [0.717, 1.165) is 0 Å². The fourth-order valence-corrected chi connectivity index (χ4v) is 1.17. The molecule has 2 rings (SSSR count). The van der Waals surface area contributed by atoms with Gasteiger partial charge in [0.15, 0.2) is 6.29 Å². The Morgan fingerprint density at radius 3 is 2.93 bits per heavy atom. The van der Waals surface area contributed by atoms with Gasteiger partial charge in [0.2, 0.25) is 5.95 Å². The molecule has 0 aromatic carbocycles. The number of H-pyrrole nitrogens is 1. The molecule has 0 unspecified atom stereocenters. The van der Waals surface area contributed by atoms with Crippen LogP contribution in [0.1, 0.15) is 10.5 Å². The molecule has 0 radical (unpaired) electrons. The van der Waals surface area contributed by atoms with E-state index in [2.05, 4.69) is 15.0 Å². The molecule has 0 atom stereocenters. The Morgan fingerprint density at radius 1 is 1.43 bits per heavy atom. The predicted octanol–water partition coefficient (Wildman–Crippen LogP) is 1.42. The molecule has 5 heteroatoms. The van der Waals surface area contributed by atoms with Crippen LogP contribution in [0.25, 0.3) is 11.3 Å². The lowest BCUT2D eigenvalue weighted by Crippen LogP contribution is -1.94. The highest BCUT2D eigenvalue weighted by atomic mass is 19.1. The molecule has 0 saturated carbocycles. The van der Waals surface area contributed by atoms with Crippen molar-refractivity contribution in [2.45, 2.75) is 0 Å². The molecular weight excluding hydrogens is 185 g/mol. The first kappa shape index (κ1) is 8.55. The number of nitrogens with one attached hydrogen (secondary N) is 1. The summed E-state index contributed by atoms with van der Waals surface area (Å²) in [4.78, 5) is 20.7. The minimum atomic E-state index is -0.671. The molecule has 0 aliphatic rings. The van der Waals surface area contributed by atoms with E-state index in [1.165, 1.54) is 18.5 Å². The van der Waals surface area contributed by atoms with Gasteiger partial charge in [-0.3, -0.25) is 4.79 Å². The lowest BCUT2D eigenvalue weighted by molar-refractivity contribution is 0.111. The molecule has 0 aliphatic heterocycles. The fourth-order valence-electron chi connectivity index (χ4n) is 1.17. The van der Waals surface area contributed by atoms with Gasteiger partial charge in [-0.25, -0.2) is 9.97 Å².